The number of rotatable bonds is 7. The third-order valence-electron chi connectivity index (χ3n) is 6.23. The van der Waals surface area contributed by atoms with Crippen LogP contribution in [0.4, 0.5) is 21.8 Å². The number of carbonyl (C=O) groups excluding carboxylic acids is 1. The molecule has 3 aromatic heterocycles. The summed E-state index contributed by atoms with van der Waals surface area (Å²) in [6.45, 7) is 3.78. The van der Waals surface area contributed by atoms with Crippen LogP contribution in [0.5, 0.6) is 11.5 Å². The summed E-state index contributed by atoms with van der Waals surface area (Å²) in [4.78, 5) is 24.6. The largest absolute Gasteiger partial charge is 0.454 e. The summed E-state index contributed by atoms with van der Waals surface area (Å²) >= 11 is 0. The molecule has 10 nitrogen and oxygen atoms in total. The Kier molecular flexibility index (Phi) is 6.23. The SMILES string of the molecule is CC(C)NC(=O)c1cn2ncnc(N)c2c1-c1ccc(Nc2nc3ccc(Oc4ccccc4)c(F)c3[nH]2)cc1. The Morgan fingerprint density at radius 1 is 1.07 bits per heavy atom. The molecule has 0 bridgehead atoms. The van der Waals surface area contributed by atoms with E-state index in [1.165, 1.54) is 6.33 Å². The number of H-pyrrole nitrogens is 1. The van der Waals surface area contributed by atoms with Gasteiger partial charge in [-0.25, -0.2) is 18.9 Å². The van der Waals surface area contributed by atoms with Crippen molar-refractivity contribution in [1.29, 1.82) is 0 Å². The minimum Gasteiger partial charge on any atom is -0.454 e. The Hall–Kier alpha value is -5.45. The number of aromatic amines is 1. The van der Waals surface area contributed by atoms with Gasteiger partial charge >= 0.3 is 0 Å². The summed E-state index contributed by atoms with van der Waals surface area (Å²) in [6, 6.07) is 19.6. The van der Waals surface area contributed by atoms with Gasteiger partial charge in [0.1, 0.15) is 23.1 Å². The Morgan fingerprint density at radius 3 is 2.60 bits per heavy atom. The summed E-state index contributed by atoms with van der Waals surface area (Å²) in [7, 11) is 0. The van der Waals surface area contributed by atoms with Crippen molar-refractivity contribution in [3.8, 4) is 22.6 Å². The maximum atomic E-state index is 15.2. The number of para-hydroxylation sites is 1. The topological polar surface area (TPSA) is 135 Å². The van der Waals surface area contributed by atoms with Gasteiger partial charge in [0.15, 0.2) is 17.4 Å². The van der Waals surface area contributed by atoms with Crippen LogP contribution in [0.1, 0.15) is 24.2 Å². The van der Waals surface area contributed by atoms with E-state index in [2.05, 4.69) is 30.7 Å². The van der Waals surface area contributed by atoms with Crippen LogP contribution in [0.3, 0.4) is 0 Å². The molecule has 6 rings (SSSR count). The molecular formula is C29H25FN8O2. The second-order valence-corrected chi connectivity index (χ2v) is 9.46. The van der Waals surface area contributed by atoms with Crippen molar-refractivity contribution in [2.24, 2.45) is 0 Å². The van der Waals surface area contributed by atoms with Gasteiger partial charge in [-0.15, -0.1) is 0 Å². The van der Waals surface area contributed by atoms with E-state index in [1.54, 1.807) is 35.0 Å². The first-order chi connectivity index (χ1) is 19.4. The van der Waals surface area contributed by atoms with Crippen molar-refractivity contribution >= 4 is 39.9 Å². The van der Waals surface area contributed by atoms with Gasteiger partial charge in [-0.2, -0.15) is 5.10 Å². The molecule has 200 valence electrons. The molecular weight excluding hydrogens is 511 g/mol. The van der Waals surface area contributed by atoms with Gasteiger partial charge in [-0.3, -0.25) is 4.79 Å². The third-order valence-corrected chi connectivity index (χ3v) is 6.23. The van der Waals surface area contributed by atoms with Crippen LogP contribution in [0.2, 0.25) is 0 Å². The molecule has 40 heavy (non-hydrogen) atoms. The molecule has 5 N–H and O–H groups in total. The highest BCUT2D eigenvalue weighted by molar-refractivity contribution is 6.07. The third kappa shape index (κ3) is 4.64. The Labute approximate surface area is 228 Å². The lowest BCUT2D eigenvalue weighted by molar-refractivity contribution is 0.0943. The molecule has 0 atom stereocenters. The standard InChI is InChI=1S/C29H25FN8O2/c1-16(2)34-28(39)20-14-38-26(27(31)32-15-33-38)23(20)17-8-10-18(11-9-17)35-29-36-21-12-13-22(24(30)25(21)37-29)40-19-6-4-3-5-7-19/h3-16H,1-2H3,(H,34,39)(H2,31,32,33)(H2,35,36,37). The zero-order valence-electron chi connectivity index (χ0n) is 21.6. The first kappa shape index (κ1) is 24.9. The molecule has 0 spiro atoms. The zero-order chi connectivity index (χ0) is 27.8. The number of ether oxygens (including phenoxy) is 1. The summed E-state index contributed by atoms with van der Waals surface area (Å²) in [6.07, 6.45) is 2.99. The van der Waals surface area contributed by atoms with Crippen LogP contribution >= 0.6 is 0 Å². The lowest BCUT2D eigenvalue weighted by atomic mass is 10.0. The number of carbonyl (C=O) groups is 1. The van der Waals surface area contributed by atoms with Crippen molar-refractivity contribution in [2.75, 3.05) is 11.1 Å². The maximum Gasteiger partial charge on any atom is 0.253 e. The number of hydrogen-bond acceptors (Lipinski definition) is 7. The quantitative estimate of drug-likeness (QED) is 0.206. The highest BCUT2D eigenvalue weighted by atomic mass is 19.1. The molecule has 0 radical (unpaired) electrons. The molecule has 1 amide bonds. The van der Waals surface area contributed by atoms with Gasteiger partial charge in [0, 0.05) is 23.5 Å². The Balaban J connectivity index is 1.29. The molecule has 0 aliphatic carbocycles. The molecule has 0 aliphatic rings. The number of amides is 1. The molecule has 0 unspecified atom stereocenters. The summed E-state index contributed by atoms with van der Waals surface area (Å²) in [5, 5.41) is 10.3. The lowest BCUT2D eigenvalue weighted by Gasteiger charge is -2.10. The van der Waals surface area contributed by atoms with E-state index in [4.69, 9.17) is 10.5 Å². The molecule has 0 saturated carbocycles. The van der Waals surface area contributed by atoms with Crippen molar-refractivity contribution in [2.45, 2.75) is 19.9 Å². The van der Waals surface area contributed by atoms with Crippen LogP contribution in [-0.2, 0) is 0 Å². The summed E-state index contributed by atoms with van der Waals surface area (Å²) < 4.78 is 22.4. The molecule has 0 saturated heterocycles. The fraction of sp³-hybridized carbons (Fsp3) is 0.103. The maximum absolute atomic E-state index is 15.2. The van der Waals surface area contributed by atoms with Gasteiger partial charge in [-0.05, 0) is 55.8 Å². The number of nitrogens with two attached hydrogens (primary N) is 1. The number of nitrogens with zero attached hydrogens (tertiary/aromatic N) is 4. The summed E-state index contributed by atoms with van der Waals surface area (Å²) in [5.41, 5.74) is 9.90. The van der Waals surface area contributed by atoms with Crippen LogP contribution in [0, 0.1) is 5.82 Å². The van der Waals surface area contributed by atoms with E-state index in [0.29, 0.717) is 39.5 Å². The predicted octanol–water partition coefficient (Wildman–Crippen LogP) is 5.67. The van der Waals surface area contributed by atoms with Crippen LogP contribution in [0.15, 0.2) is 79.3 Å². The number of aromatic nitrogens is 5. The average molecular weight is 537 g/mol. The highest BCUT2D eigenvalue weighted by Gasteiger charge is 2.22. The number of imidazole rings is 1. The van der Waals surface area contributed by atoms with E-state index < -0.39 is 5.82 Å². The first-order valence-corrected chi connectivity index (χ1v) is 12.6. The number of hydrogen-bond donors (Lipinski definition) is 4. The van der Waals surface area contributed by atoms with Crippen LogP contribution < -0.4 is 21.1 Å². The van der Waals surface area contributed by atoms with E-state index in [0.717, 1.165) is 5.56 Å². The van der Waals surface area contributed by atoms with Gasteiger partial charge in [-0.1, -0.05) is 30.3 Å². The van der Waals surface area contributed by atoms with Crippen molar-refractivity contribution in [3.05, 3.63) is 90.6 Å². The van der Waals surface area contributed by atoms with Crippen LogP contribution in [0.25, 0.3) is 27.7 Å². The van der Waals surface area contributed by atoms with Gasteiger partial charge in [0.25, 0.3) is 5.91 Å². The number of fused-ring (bicyclic) bond motifs is 2. The number of nitrogen functional groups attached to an aromatic ring is 1. The minimum atomic E-state index is -0.537. The zero-order valence-corrected chi connectivity index (χ0v) is 21.6. The van der Waals surface area contributed by atoms with E-state index >= 15 is 4.39 Å². The molecule has 0 fully saturated rings. The van der Waals surface area contributed by atoms with E-state index in [-0.39, 0.29) is 29.0 Å². The second-order valence-electron chi connectivity index (χ2n) is 9.46. The fourth-order valence-electron chi connectivity index (χ4n) is 4.48. The number of anilines is 3. The van der Waals surface area contributed by atoms with E-state index in [9.17, 15) is 4.79 Å². The van der Waals surface area contributed by atoms with Gasteiger partial charge in [0.05, 0.1) is 11.1 Å². The van der Waals surface area contributed by atoms with Crippen molar-refractivity contribution in [3.63, 3.8) is 0 Å². The highest BCUT2D eigenvalue weighted by Crippen LogP contribution is 2.34. The number of halogens is 1. The van der Waals surface area contributed by atoms with E-state index in [1.807, 2.05) is 56.3 Å². The second kappa shape index (κ2) is 10.0. The average Bonchev–Trinajstić information content (AvgIpc) is 3.54. The lowest BCUT2D eigenvalue weighted by Crippen LogP contribution is -2.30. The first-order valence-electron chi connectivity index (χ1n) is 12.6. The normalized spacial score (nSPS) is 11.3. The Bertz CT molecular complexity index is 1850. The molecule has 3 aromatic carbocycles. The van der Waals surface area contributed by atoms with Crippen LogP contribution in [-0.4, -0.2) is 36.5 Å². The molecule has 11 heteroatoms. The molecule has 6 aromatic rings. The molecule has 3 heterocycles. The molecule has 0 aliphatic heterocycles. The Morgan fingerprint density at radius 2 is 1.85 bits per heavy atom. The predicted molar refractivity (Wildman–Crippen MR) is 151 cm³/mol. The summed E-state index contributed by atoms with van der Waals surface area (Å²) in [5.74, 6) is 0.478. The number of nitrogens with one attached hydrogen (secondary N) is 3. The minimum absolute atomic E-state index is 0.0482. The van der Waals surface area contributed by atoms with Crippen molar-refractivity contribution < 1.29 is 13.9 Å². The smallest absolute Gasteiger partial charge is 0.253 e. The van der Waals surface area contributed by atoms with Crippen molar-refractivity contribution in [1.82, 2.24) is 29.9 Å². The fourth-order valence-corrected chi connectivity index (χ4v) is 4.48. The van der Waals surface area contributed by atoms with Gasteiger partial charge < -0.3 is 26.1 Å². The number of benzene rings is 3. The monoisotopic (exact) mass is 536 g/mol. The van der Waals surface area contributed by atoms with Gasteiger partial charge in [0.2, 0.25) is 5.95 Å².